The number of carbonyl (C=O) groups is 1. The Labute approximate surface area is 91.1 Å². The van der Waals surface area contributed by atoms with Gasteiger partial charge in [0.1, 0.15) is 5.75 Å². The standard InChI is InChI=1S/C10H11BrO3/c1-6-4-7(13-2)5-8(9(6)11)10(12)14-3/h4-5H,1-3H3. The molecule has 0 unspecified atom stereocenters. The van der Waals surface area contributed by atoms with Gasteiger partial charge in [-0.15, -0.1) is 0 Å². The molecule has 0 atom stereocenters. The van der Waals surface area contributed by atoms with E-state index in [1.807, 2.05) is 13.0 Å². The van der Waals surface area contributed by atoms with E-state index in [2.05, 4.69) is 20.7 Å². The predicted octanol–water partition coefficient (Wildman–Crippen LogP) is 2.55. The molecule has 0 aliphatic carbocycles. The molecule has 0 fully saturated rings. The minimum absolute atomic E-state index is 0.376. The molecule has 76 valence electrons. The van der Waals surface area contributed by atoms with E-state index < -0.39 is 0 Å². The lowest BCUT2D eigenvalue weighted by Crippen LogP contribution is -2.03. The summed E-state index contributed by atoms with van der Waals surface area (Å²) in [5.74, 6) is 0.268. The number of esters is 1. The van der Waals surface area contributed by atoms with Gasteiger partial charge in [0, 0.05) is 4.47 Å². The number of hydrogen-bond donors (Lipinski definition) is 0. The van der Waals surface area contributed by atoms with Gasteiger partial charge in [0.05, 0.1) is 19.8 Å². The van der Waals surface area contributed by atoms with Crippen molar-refractivity contribution in [1.29, 1.82) is 0 Å². The maximum Gasteiger partial charge on any atom is 0.339 e. The highest BCUT2D eigenvalue weighted by molar-refractivity contribution is 9.10. The Morgan fingerprint density at radius 1 is 1.36 bits per heavy atom. The van der Waals surface area contributed by atoms with Gasteiger partial charge in [-0.1, -0.05) is 0 Å². The smallest absolute Gasteiger partial charge is 0.339 e. The first-order valence-electron chi connectivity index (χ1n) is 4.02. The quantitative estimate of drug-likeness (QED) is 0.765. The first-order valence-corrected chi connectivity index (χ1v) is 4.82. The van der Waals surface area contributed by atoms with Crippen LogP contribution >= 0.6 is 15.9 Å². The monoisotopic (exact) mass is 258 g/mol. The fraction of sp³-hybridized carbons (Fsp3) is 0.300. The molecule has 0 aromatic heterocycles. The van der Waals surface area contributed by atoms with Crippen LogP contribution in [0.15, 0.2) is 16.6 Å². The maximum absolute atomic E-state index is 11.3. The fourth-order valence-corrected chi connectivity index (χ4v) is 1.50. The largest absolute Gasteiger partial charge is 0.497 e. The topological polar surface area (TPSA) is 35.5 Å². The number of methoxy groups -OCH3 is 2. The van der Waals surface area contributed by atoms with Crippen LogP contribution < -0.4 is 4.74 Å². The highest BCUT2D eigenvalue weighted by Gasteiger charge is 2.13. The molecular weight excluding hydrogens is 248 g/mol. The van der Waals surface area contributed by atoms with Crippen molar-refractivity contribution in [2.24, 2.45) is 0 Å². The second-order valence-corrected chi connectivity index (χ2v) is 3.59. The minimum atomic E-state index is -0.376. The molecule has 0 aliphatic rings. The van der Waals surface area contributed by atoms with Crippen LogP contribution in [-0.2, 0) is 4.74 Å². The summed E-state index contributed by atoms with van der Waals surface area (Å²) >= 11 is 3.33. The number of rotatable bonds is 2. The molecule has 1 aromatic carbocycles. The van der Waals surface area contributed by atoms with Gasteiger partial charge in [-0.05, 0) is 40.5 Å². The van der Waals surface area contributed by atoms with E-state index in [1.165, 1.54) is 7.11 Å². The lowest BCUT2D eigenvalue weighted by molar-refractivity contribution is 0.0599. The molecule has 0 saturated heterocycles. The van der Waals surface area contributed by atoms with Crippen LogP contribution in [0.25, 0.3) is 0 Å². The summed E-state index contributed by atoms with van der Waals surface area (Å²) in [6.45, 7) is 1.89. The molecule has 1 aromatic rings. The third-order valence-electron chi connectivity index (χ3n) is 1.87. The molecule has 0 heterocycles. The lowest BCUT2D eigenvalue weighted by atomic mass is 10.1. The van der Waals surface area contributed by atoms with E-state index in [4.69, 9.17) is 4.74 Å². The van der Waals surface area contributed by atoms with Gasteiger partial charge < -0.3 is 9.47 Å². The van der Waals surface area contributed by atoms with Crippen LogP contribution in [0.2, 0.25) is 0 Å². The minimum Gasteiger partial charge on any atom is -0.497 e. The number of ether oxygens (including phenoxy) is 2. The number of carbonyl (C=O) groups excluding carboxylic acids is 1. The van der Waals surface area contributed by atoms with Crippen molar-refractivity contribution in [1.82, 2.24) is 0 Å². The zero-order chi connectivity index (χ0) is 10.7. The summed E-state index contributed by atoms with van der Waals surface area (Å²) in [6.07, 6.45) is 0. The average molecular weight is 259 g/mol. The highest BCUT2D eigenvalue weighted by atomic mass is 79.9. The molecule has 14 heavy (non-hydrogen) atoms. The first kappa shape index (κ1) is 11.0. The van der Waals surface area contributed by atoms with Gasteiger partial charge in [0.2, 0.25) is 0 Å². The van der Waals surface area contributed by atoms with Crippen molar-refractivity contribution in [3.05, 3.63) is 27.7 Å². The molecular formula is C10H11BrO3. The Bertz CT molecular complexity index is 361. The van der Waals surface area contributed by atoms with E-state index in [-0.39, 0.29) is 5.97 Å². The van der Waals surface area contributed by atoms with Crippen LogP contribution in [0.3, 0.4) is 0 Å². The predicted molar refractivity (Wildman–Crippen MR) is 56.8 cm³/mol. The van der Waals surface area contributed by atoms with Crippen LogP contribution in [0.5, 0.6) is 5.75 Å². The summed E-state index contributed by atoms with van der Waals surface area (Å²) in [5, 5.41) is 0. The Hall–Kier alpha value is -1.03. The van der Waals surface area contributed by atoms with Gasteiger partial charge in [-0.2, -0.15) is 0 Å². The summed E-state index contributed by atoms with van der Waals surface area (Å²) in [7, 11) is 2.91. The number of benzene rings is 1. The lowest BCUT2D eigenvalue weighted by Gasteiger charge is -2.08. The zero-order valence-corrected chi connectivity index (χ0v) is 9.84. The normalized spacial score (nSPS) is 9.71. The van der Waals surface area contributed by atoms with Crippen molar-refractivity contribution in [3.63, 3.8) is 0 Å². The summed E-state index contributed by atoms with van der Waals surface area (Å²) in [6, 6.07) is 3.49. The van der Waals surface area contributed by atoms with Crippen molar-refractivity contribution < 1.29 is 14.3 Å². The van der Waals surface area contributed by atoms with E-state index >= 15 is 0 Å². The SMILES string of the molecule is COC(=O)c1cc(OC)cc(C)c1Br. The van der Waals surface area contributed by atoms with Gasteiger partial charge in [0.25, 0.3) is 0 Å². The fourth-order valence-electron chi connectivity index (χ4n) is 1.11. The highest BCUT2D eigenvalue weighted by Crippen LogP contribution is 2.27. The maximum atomic E-state index is 11.3. The Balaban J connectivity index is 3.27. The summed E-state index contributed by atoms with van der Waals surface area (Å²) in [4.78, 5) is 11.3. The molecule has 0 spiro atoms. The van der Waals surface area contributed by atoms with Crippen LogP contribution in [0, 0.1) is 6.92 Å². The van der Waals surface area contributed by atoms with E-state index in [0.29, 0.717) is 11.3 Å². The molecule has 3 nitrogen and oxygen atoms in total. The van der Waals surface area contributed by atoms with Crippen molar-refractivity contribution in [3.8, 4) is 5.75 Å². The van der Waals surface area contributed by atoms with Crippen molar-refractivity contribution in [2.45, 2.75) is 6.92 Å². The number of hydrogen-bond acceptors (Lipinski definition) is 3. The van der Waals surface area contributed by atoms with Gasteiger partial charge in [0.15, 0.2) is 0 Å². The Morgan fingerprint density at radius 2 is 2.00 bits per heavy atom. The molecule has 0 aliphatic heterocycles. The molecule has 0 radical (unpaired) electrons. The Morgan fingerprint density at radius 3 is 2.50 bits per heavy atom. The van der Waals surface area contributed by atoms with E-state index in [9.17, 15) is 4.79 Å². The first-order chi connectivity index (χ1) is 6.60. The molecule has 0 N–H and O–H groups in total. The van der Waals surface area contributed by atoms with E-state index in [0.717, 1.165) is 10.0 Å². The average Bonchev–Trinajstić information content (AvgIpc) is 2.20. The third kappa shape index (κ3) is 2.07. The van der Waals surface area contributed by atoms with Gasteiger partial charge >= 0.3 is 5.97 Å². The zero-order valence-electron chi connectivity index (χ0n) is 8.26. The molecule has 0 bridgehead atoms. The van der Waals surface area contributed by atoms with Crippen LogP contribution in [0.4, 0.5) is 0 Å². The molecule has 0 saturated carbocycles. The summed E-state index contributed by atoms with van der Waals surface area (Å²) < 4.78 is 10.4. The number of aryl methyl sites for hydroxylation is 1. The van der Waals surface area contributed by atoms with Crippen molar-refractivity contribution in [2.75, 3.05) is 14.2 Å². The van der Waals surface area contributed by atoms with Gasteiger partial charge in [-0.25, -0.2) is 4.79 Å². The third-order valence-corrected chi connectivity index (χ3v) is 2.92. The van der Waals surface area contributed by atoms with Crippen LogP contribution in [-0.4, -0.2) is 20.2 Å². The number of halogens is 1. The molecule has 4 heteroatoms. The van der Waals surface area contributed by atoms with Gasteiger partial charge in [-0.3, -0.25) is 0 Å². The second kappa shape index (κ2) is 4.46. The molecule has 0 amide bonds. The van der Waals surface area contributed by atoms with Crippen molar-refractivity contribution >= 4 is 21.9 Å². The van der Waals surface area contributed by atoms with Crippen LogP contribution in [0.1, 0.15) is 15.9 Å². The Kier molecular flexibility index (Phi) is 3.52. The van der Waals surface area contributed by atoms with E-state index in [1.54, 1.807) is 13.2 Å². The molecule has 1 rings (SSSR count). The summed E-state index contributed by atoms with van der Waals surface area (Å²) in [5.41, 5.74) is 1.41. The second-order valence-electron chi connectivity index (χ2n) is 2.80.